The van der Waals surface area contributed by atoms with Gasteiger partial charge in [-0.15, -0.1) is 11.3 Å². The maximum absolute atomic E-state index is 13.7. The lowest BCUT2D eigenvalue weighted by Crippen LogP contribution is -2.12. The molecular formula is C14H12FNO3S. The molecule has 0 fully saturated rings. The van der Waals surface area contributed by atoms with Crippen LogP contribution in [0.4, 0.5) is 10.1 Å². The topological polar surface area (TPSA) is 66.4 Å². The molecule has 2 N–H and O–H groups in total. The molecule has 0 bridgehead atoms. The second-order valence-electron chi connectivity index (χ2n) is 4.07. The molecule has 1 aromatic carbocycles. The first-order chi connectivity index (χ1) is 9.51. The minimum absolute atomic E-state index is 0.0357. The molecule has 104 valence electrons. The van der Waals surface area contributed by atoms with Crippen LogP contribution in [0.25, 0.3) is 0 Å². The molecule has 0 aliphatic heterocycles. The van der Waals surface area contributed by atoms with Gasteiger partial charge < -0.3 is 10.4 Å². The van der Waals surface area contributed by atoms with E-state index in [1.165, 1.54) is 23.5 Å². The number of amides is 1. The maximum atomic E-state index is 13.7. The van der Waals surface area contributed by atoms with Crippen LogP contribution in [0.2, 0.25) is 0 Å². The van der Waals surface area contributed by atoms with E-state index in [1.54, 1.807) is 6.07 Å². The summed E-state index contributed by atoms with van der Waals surface area (Å²) in [5.74, 6) is -2.39. The number of halogens is 1. The Kier molecular flexibility index (Phi) is 4.14. The fraction of sp³-hybridized carbons (Fsp3) is 0.143. The minimum Gasteiger partial charge on any atom is -0.478 e. The summed E-state index contributed by atoms with van der Waals surface area (Å²) < 4.78 is 13.7. The van der Waals surface area contributed by atoms with E-state index in [0.717, 1.165) is 17.4 Å². The lowest BCUT2D eigenvalue weighted by molar-refractivity contribution is 0.0696. The molecule has 2 rings (SSSR count). The molecule has 0 radical (unpaired) electrons. The number of carboxylic acid groups (broad SMARTS) is 1. The van der Waals surface area contributed by atoms with Crippen LogP contribution in [0.5, 0.6) is 0 Å². The van der Waals surface area contributed by atoms with E-state index < -0.39 is 17.7 Å². The second kappa shape index (κ2) is 5.83. The number of nitrogens with one attached hydrogen (secondary N) is 1. The average Bonchev–Trinajstić information content (AvgIpc) is 2.89. The van der Waals surface area contributed by atoms with Crippen LogP contribution in [-0.4, -0.2) is 17.0 Å². The SMILES string of the molecule is CCc1ccc(C(=O)Nc2ccc(C(=O)O)cc2F)s1. The number of anilines is 1. The summed E-state index contributed by atoms with van der Waals surface area (Å²) in [5, 5.41) is 11.2. The van der Waals surface area contributed by atoms with Crippen molar-refractivity contribution in [1.29, 1.82) is 0 Å². The Morgan fingerprint density at radius 1 is 1.30 bits per heavy atom. The van der Waals surface area contributed by atoms with Crippen LogP contribution >= 0.6 is 11.3 Å². The van der Waals surface area contributed by atoms with Gasteiger partial charge in [-0.3, -0.25) is 4.79 Å². The largest absolute Gasteiger partial charge is 0.478 e. The van der Waals surface area contributed by atoms with E-state index in [2.05, 4.69) is 5.32 Å². The second-order valence-corrected chi connectivity index (χ2v) is 5.24. The van der Waals surface area contributed by atoms with Crippen molar-refractivity contribution >= 4 is 28.9 Å². The third-order valence-corrected chi connectivity index (χ3v) is 3.93. The zero-order valence-electron chi connectivity index (χ0n) is 10.6. The van der Waals surface area contributed by atoms with Crippen molar-refractivity contribution < 1.29 is 19.1 Å². The van der Waals surface area contributed by atoms with Crippen molar-refractivity contribution in [1.82, 2.24) is 0 Å². The van der Waals surface area contributed by atoms with Crippen LogP contribution in [0.3, 0.4) is 0 Å². The van der Waals surface area contributed by atoms with Gasteiger partial charge in [0.05, 0.1) is 16.1 Å². The molecule has 4 nitrogen and oxygen atoms in total. The smallest absolute Gasteiger partial charge is 0.335 e. The van der Waals surface area contributed by atoms with Crippen molar-refractivity contribution in [3.8, 4) is 0 Å². The summed E-state index contributed by atoms with van der Waals surface area (Å²) in [6, 6.07) is 6.90. The summed E-state index contributed by atoms with van der Waals surface area (Å²) in [4.78, 5) is 24.2. The molecule has 1 amide bonds. The predicted octanol–water partition coefficient (Wildman–Crippen LogP) is 3.40. The number of benzene rings is 1. The normalized spacial score (nSPS) is 10.3. The zero-order chi connectivity index (χ0) is 14.7. The number of hydrogen-bond donors (Lipinski definition) is 2. The third-order valence-electron chi connectivity index (χ3n) is 2.70. The zero-order valence-corrected chi connectivity index (χ0v) is 11.5. The van der Waals surface area contributed by atoms with Gasteiger partial charge in [-0.1, -0.05) is 6.92 Å². The summed E-state index contributed by atoms with van der Waals surface area (Å²) in [6.07, 6.45) is 0.833. The molecule has 2 aromatic rings. The number of hydrogen-bond acceptors (Lipinski definition) is 3. The van der Waals surface area contributed by atoms with E-state index >= 15 is 0 Å². The van der Waals surface area contributed by atoms with Crippen LogP contribution in [0.15, 0.2) is 30.3 Å². The predicted molar refractivity (Wildman–Crippen MR) is 75.0 cm³/mol. The highest BCUT2D eigenvalue weighted by atomic mass is 32.1. The van der Waals surface area contributed by atoms with Crippen LogP contribution in [-0.2, 0) is 6.42 Å². The molecule has 1 aromatic heterocycles. The summed E-state index contributed by atoms with van der Waals surface area (Å²) >= 11 is 1.35. The highest BCUT2D eigenvalue weighted by Gasteiger charge is 2.13. The quantitative estimate of drug-likeness (QED) is 0.908. The van der Waals surface area contributed by atoms with Crippen molar-refractivity contribution in [3.63, 3.8) is 0 Å². The fourth-order valence-electron chi connectivity index (χ4n) is 1.62. The Morgan fingerprint density at radius 3 is 2.60 bits per heavy atom. The highest BCUT2D eigenvalue weighted by Crippen LogP contribution is 2.21. The van der Waals surface area contributed by atoms with Crippen molar-refractivity contribution in [2.24, 2.45) is 0 Å². The maximum Gasteiger partial charge on any atom is 0.335 e. The van der Waals surface area contributed by atoms with E-state index in [9.17, 15) is 14.0 Å². The molecule has 0 spiro atoms. The molecule has 0 atom stereocenters. The minimum atomic E-state index is -1.22. The highest BCUT2D eigenvalue weighted by molar-refractivity contribution is 7.14. The average molecular weight is 293 g/mol. The Hall–Kier alpha value is -2.21. The Balaban J connectivity index is 2.17. The molecular weight excluding hydrogens is 281 g/mol. The Labute approximate surface area is 118 Å². The molecule has 20 heavy (non-hydrogen) atoms. The third kappa shape index (κ3) is 3.03. The Bertz CT molecular complexity index is 666. The first kappa shape index (κ1) is 14.2. The molecule has 0 aliphatic rings. The number of thiophene rings is 1. The van der Waals surface area contributed by atoms with Gasteiger partial charge in [0.2, 0.25) is 0 Å². The van der Waals surface area contributed by atoms with Gasteiger partial charge in [0, 0.05) is 4.88 Å². The van der Waals surface area contributed by atoms with Gasteiger partial charge >= 0.3 is 5.97 Å². The molecule has 0 unspecified atom stereocenters. The van der Waals surface area contributed by atoms with Gasteiger partial charge in [0.25, 0.3) is 5.91 Å². The number of carbonyl (C=O) groups excluding carboxylic acids is 1. The summed E-state index contributed by atoms with van der Waals surface area (Å²) in [6.45, 7) is 1.98. The Morgan fingerprint density at radius 2 is 2.05 bits per heavy atom. The monoisotopic (exact) mass is 293 g/mol. The van der Waals surface area contributed by atoms with Crippen LogP contribution < -0.4 is 5.32 Å². The molecule has 6 heteroatoms. The van der Waals surface area contributed by atoms with E-state index in [-0.39, 0.29) is 11.3 Å². The van der Waals surface area contributed by atoms with Crippen molar-refractivity contribution in [2.75, 3.05) is 5.32 Å². The van der Waals surface area contributed by atoms with Crippen molar-refractivity contribution in [2.45, 2.75) is 13.3 Å². The summed E-state index contributed by atoms with van der Waals surface area (Å²) in [7, 11) is 0. The number of aryl methyl sites for hydroxylation is 1. The number of carboxylic acids is 1. The van der Waals surface area contributed by atoms with Gasteiger partial charge in [0.1, 0.15) is 5.82 Å². The summed E-state index contributed by atoms with van der Waals surface area (Å²) in [5.41, 5.74) is -0.198. The van der Waals surface area contributed by atoms with E-state index in [0.29, 0.717) is 4.88 Å². The first-order valence-corrected chi connectivity index (χ1v) is 6.75. The molecule has 1 heterocycles. The van der Waals surface area contributed by atoms with Gasteiger partial charge in [-0.05, 0) is 36.8 Å². The lowest BCUT2D eigenvalue weighted by atomic mass is 10.2. The number of rotatable bonds is 4. The molecule has 0 aliphatic carbocycles. The molecule has 0 saturated carbocycles. The van der Waals surface area contributed by atoms with Gasteiger partial charge in [0.15, 0.2) is 0 Å². The van der Waals surface area contributed by atoms with Crippen LogP contribution in [0.1, 0.15) is 31.8 Å². The van der Waals surface area contributed by atoms with Crippen molar-refractivity contribution in [3.05, 3.63) is 51.5 Å². The van der Waals surface area contributed by atoms with E-state index in [1.807, 2.05) is 13.0 Å². The first-order valence-electron chi connectivity index (χ1n) is 5.94. The fourth-order valence-corrected chi connectivity index (χ4v) is 2.47. The van der Waals surface area contributed by atoms with Crippen LogP contribution in [0, 0.1) is 5.82 Å². The van der Waals surface area contributed by atoms with E-state index in [4.69, 9.17) is 5.11 Å². The molecule has 0 saturated heterocycles. The lowest BCUT2D eigenvalue weighted by Gasteiger charge is -2.05. The number of aromatic carboxylic acids is 1. The standard InChI is InChI=1S/C14H12FNO3S/c1-2-9-4-6-12(20-9)13(17)16-11-5-3-8(14(18)19)7-10(11)15/h3-7H,2H2,1H3,(H,16,17)(H,18,19). The van der Waals surface area contributed by atoms with Gasteiger partial charge in [-0.25, -0.2) is 9.18 Å². The van der Waals surface area contributed by atoms with Gasteiger partial charge in [-0.2, -0.15) is 0 Å². The number of carbonyl (C=O) groups is 2.